The monoisotopic (exact) mass is 247 g/mol. The van der Waals surface area contributed by atoms with Gasteiger partial charge in [0, 0.05) is 19.5 Å². The van der Waals surface area contributed by atoms with Gasteiger partial charge in [-0.05, 0) is 12.3 Å². The van der Waals surface area contributed by atoms with Gasteiger partial charge in [0.25, 0.3) is 0 Å². The van der Waals surface area contributed by atoms with Crippen molar-refractivity contribution >= 4 is 0 Å². The van der Waals surface area contributed by atoms with E-state index in [1.165, 1.54) is 6.42 Å². The predicted molar refractivity (Wildman–Crippen MR) is 64.5 cm³/mol. The summed E-state index contributed by atoms with van der Waals surface area (Å²) in [4.78, 5) is 0. The quantitative estimate of drug-likeness (QED) is 0.822. The fraction of sp³-hybridized carbons (Fsp3) is 0.636. The van der Waals surface area contributed by atoms with Crippen LogP contribution in [0.15, 0.2) is 6.20 Å². The highest BCUT2D eigenvalue weighted by Gasteiger charge is 2.20. The average Bonchev–Trinajstić information content (AvgIpc) is 2.97. The molecule has 0 fully saturated rings. The summed E-state index contributed by atoms with van der Waals surface area (Å²) in [6.45, 7) is 4.27. The highest BCUT2D eigenvalue weighted by atomic mass is 15.4. The second-order valence-electron chi connectivity index (χ2n) is 4.89. The van der Waals surface area contributed by atoms with Crippen molar-refractivity contribution in [1.29, 1.82) is 0 Å². The van der Waals surface area contributed by atoms with E-state index in [9.17, 15) is 0 Å². The van der Waals surface area contributed by atoms with E-state index in [1.807, 2.05) is 6.20 Å². The zero-order chi connectivity index (χ0) is 12.5. The summed E-state index contributed by atoms with van der Waals surface area (Å²) in [6, 6.07) is 0. The number of aromatic nitrogens is 6. The number of hydrogen-bond acceptors (Lipinski definition) is 5. The Morgan fingerprint density at radius 3 is 3.06 bits per heavy atom. The SMILES string of the molecule is CC1CCn2c(nnc2Cn2cc(CN)nn2)C1. The highest BCUT2D eigenvalue weighted by molar-refractivity contribution is 5.01. The molecule has 18 heavy (non-hydrogen) atoms. The highest BCUT2D eigenvalue weighted by Crippen LogP contribution is 2.19. The van der Waals surface area contributed by atoms with Gasteiger partial charge in [0.2, 0.25) is 0 Å². The molecular formula is C11H17N7. The van der Waals surface area contributed by atoms with Crippen molar-refractivity contribution in [3.05, 3.63) is 23.5 Å². The van der Waals surface area contributed by atoms with Gasteiger partial charge in [-0.2, -0.15) is 0 Å². The van der Waals surface area contributed by atoms with E-state index in [4.69, 9.17) is 5.73 Å². The van der Waals surface area contributed by atoms with E-state index in [2.05, 4.69) is 32.0 Å². The van der Waals surface area contributed by atoms with Crippen LogP contribution in [0.1, 0.15) is 30.7 Å². The minimum atomic E-state index is 0.412. The lowest BCUT2D eigenvalue weighted by Crippen LogP contribution is -2.20. The van der Waals surface area contributed by atoms with Crippen molar-refractivity contribution in [2.24, 2.45) is 11.7 Å². The first-order valence-corrected chi connectivity index (χ1v) is 6.26. The maximum Gasteiger partial charge on any atom is 0.154 e. The number of nitrogens with zero attached hydrogens (tertiary/aromatic N) is 6. The fourth-order valence-electron chi connectivity index (χ4n) is 2.32. The second-order valence-corrected chi connectivity index (χ2v) is 4.89. The van der Waals surface area contributed by atoms with Crippen LogP contribution in [0, 0.1) is 5.92 Å². The molecule has 0 saturated carbocycles. The molecule has 1 aliphatic rings. The molecule has 7 heteroatoms. The van der Waals surface area contributed by atoms with Crippen LogP contribution in [-0.4, -0.2) is 29.8 Å². The maximum absolute atomic E-state index is 5.51. The molecule has 2 aromatic rings. The summed E-state index contributed by atoms with van der Waals surface area (Å²) in [5, 5.41) is 16.5. The van der Waals surface area contributed by atoms with Crippen LogP contribution in [0.4, 0.5) is 0 Å². The third-order valence-electron chi connectivity index (χ3n) is 3.38. The van der Waals surface area contributed by atoms with Gasteiger partial charge in [0.05, 0.1) is 11.9 Å². The molecule has 0 aliphatic carbocycles. The molecule has 3 heterocycles. The van der Waals surface area contributed by atoms with E-state index >= 15 is 0 Å². The summed E-state index contributed by atoms with van der Waals surface area (Å²) in [6.07, 6.45) is 4.05. The molecule has 96 valence electrons. The number of hydrogen-bond donors (Lipinski definition) is 1. The first-order valence-electron chi connectivity index (χ1n) is 6.26. The molecule has 7 nitrogen and oxygen atoms in total. The molecule has 2 aromatic heterocycles. The van der Waals surface area contributed by atoms with Gasteiger partial charge in [-0.15, -0.1) is 15.3 Å². The first kappa shape index (κ1) is 11.3. The predicted octanol–water partition coefficient (Wildman–Crippen LogP) is -0.0411. The van der Waals surface area contributed by atoms with E-state index in [0.717, 1.165) is 30.3 Å². The van der Waals surface area contributed by atoms with Gasteiger partial charge in [-0.1, -0.05) is 12.1 Å². The minimum Gasteiger partial charge on any atom is -0.325 e. The largest absolute Gasteiger partial charge is 0.325 e. The van der Waals surface area contributed by atoms with Crippen LogP contribution in [0.3, 0.4) is 0 Å². The number of fused-ring (bicyclic) bond motifs is 1. The van der Waals surface area contributed by atoms with Crippen molar-refractivity contribution in [3.63, 3.8) is 0 Å². The summed E-state index contributed by atoms with van der Waals surface area (Å²) in [7, 11) is 0. The maximum atomic E-state index is 5.51. The molecule has 0 radical (unpaired) electrons. The van der Waals surface area contributed by atoms with Gasteiger partial charge >= 0.3 is 0 Å². The number of nitrogens with two attached hydrogens (primary N) is 1. The topological polar surface area (TPSA) is 87.4 Å². The molecule has 1 unspecified atom stereocenters. The molecule has 3 rings (SSSR count). The minimum absolute atomic E-state index is 0.412. The average molecular weight is 247 g/mol. The lowest BCUT2D eigenvalue weighted by molar-refractivity contribution is 0.399. The Hall–Kier alpha value is -1.76. The van der Waals surface area contributed by atoms with Crippen LogP contribution in [0.5, 0.6) is 0 Å². The summed E-state index contributed by atoms with van der Waals surface area (Å²) in [5.74, 6) is 2.73. The van der Waals surface area contributed by atoms with E-state index in [-0.39, 0.29) is 0 Å². The van der Waals surface area contributed by atoms with E-state index < -0.39 is 0 Å². The summed E-state index contributed by atoms with van der Waals surface area (Å²) >= 11 is 0. The Morgan fingerprint density at radius 1 is 1.39 bits per heavy atom. The van der Waals surface area contributed by atoms with Gasteiger partial charge in [-0.25, -0.2) is 4.68 Å². The zero-order valence-electron chi connectivity index (χ0n) is 10.5. The zero-order valence-corrected chi connectivity index (χ0v) is 10.5. The smallest absolute Gasteiger partial charge is 0.154 e. The summed E-state index contributed by atoms with van der Waals surface area (Å²) in [5.41, 5.74) is 6.31. The van der Waals surface area contributed by atoms with Gasteiger partial charge in [-0.3, -0.25) is 0 Å². The molecule has 0 amide bonds. The van der Waals surface area contributed by atoms with E-state index in [0.29, 0.717) is 19.0 Å². The first-order chi connectivity index (χ1) is 8.76. The van der Waals surface area contributed by atoms with Crippen molar-refractivity contribution in [2.45, 2.75) is 39.4 Å². The Morgan fingerprint density at radius 2 is 2.28 bits per heavy atom. The lowest BCUT2D eigenvalue weighted by Gasteiger charge is -2.20. The molecule has 0 aromatic carbocycles. The van der Waals surface area contributed by atoms with Gasteiger partial charge in [0.1, 0.15) is 12.4 Å². The van der Waals surface area contributed by atoms with Crippen LogP contribution < -0.4 is 5.73 Å². The van der Waals surface area contributed by atoms with Crippen molar-refractivity contribution < 1.29 is 0 Å². The third kappa shape index (κ3) is 2.01. The molecule has 2 N–H and O–H groups in total. The van der Waals surface area contributed by atoms with Crippen LogP contribution in [-0.2, 0) is 26.1 Å². The van der Waals surface area contributed by atoms with Gasteiger partial charge < -0.3 is 10.3 Å². The molecule has 0 saturated heterocycles. The second kappa shape index (κ2) is 4.49. The normalized spacial score (nSPS) is 18.9. The van der Waals surface area contributed by atoms with Crippen molar-refractivity contribution in [2.75, 3.05) is 0 Å². The number of rotatable bonds is 3. The molecule has 0 spiro atoms. The standard InChI is InChI=1S/C11H17N7/c1-8-2-3-18-10(4-8)14-15-11(18)7-17-6-9(5-12)13-16-17/h6,8H,2-5,7,12H2,1H3. The molecule has 1 aliphatic heterocycles. The summed E-state index contributed by atoms with van der Waals surface area (Å²) < 4.78 is 3.96. The van der Waals surface area contributed by atoms with E-state index in [1.54, 1.807) is 4.68 Å². The Bertz CT molecular complexity index is 541. The Balaban J connectivity index is 1.81. The molecule has 1 atom stereocenters. The van der Waals surface area contributed by atoms with Crippen molar-refractivity contribution in [3.8, 4) is 0 Å². The van der Waals surface area contributed by atoms with Crippen LogP contribution in [0.25, 0.3) is 0 Å². The van der Waals surface area contributed by atoms with Crippen LogP contribution in [0.2, 0.25) is 0 Å². The molecule has 0 bridgehead atoms. The Labute approximate surface area is 105 Å². The lowest BCUT2D eigenvalue weighted by atomic mass is 10.0. The fourth-order valence-corrected chi connectivity index (χ4v) is 2.32. The third-order valence-corrected chi connectivity index (χ3v) is 3.38. The molecular weight excluding hydrogens is 230 g/mol. The Kier molecular flexibility index (Phi) is 2.83. The van der Waals surface area contributed by atoms with Gasteiger partial charge in [0.15, 0.2) is 5.82 Å². The van der Waals surface area contributed by atoms with Crippen molar-refractivity contribution in [1.82, 2.24) is 29.8 Å². The van der Waals surface area contributed by atoms with Crippen LogP contribution >= 0.6 is 0 Å².